The third kappa shape index (κ3) is 3.14. The molecular formula is C18H21N3O2. The summed E-state index contributed by atoms with van der Waals surface area (Å²) in [6, 6.07) is 15.8. The summed E-state index contributed by atoms with van der Waals surface area (Å²) in [6.07, 6.45) is 0. The Balaban J connectivity index is 1.89. The first-order valence-corrected chi connectivity index (χ1v) is 7.65. The zero-order chi connectivity index (χ0) is 16.2. The predicted octanol–water partition coefficient (Wildman–Crippen LogP) is 3.14. The van der Waals surface area contributed by atoms with E-state index >= 15 is 0 Å². The van der Waals surface area contributed by atoms with Gasteiger partial charge in [0.2, 0.25) is 0 Å². The summed E-state index contributed by atoms with van der Waals surface area (Å²) in [7, 11) is 1.64. The molecule has 0 amide bonds. The van der Waals surface area contributed by atoms with E-state index in [2.05, 4.69) is 17.6 Å². The molecule has 1 atom stereocenters. The van der Waals surface area contributed by atoms with Crippen molar-refractivity contribution < 1.29 is 9.47 Å². The molecule has 1 heterocycles. The Morgan fingerprint density at radius 2 is 1.91 bits per heavy atom. The maximum atomic E-state index is 5.90. The normalized spacial score (nSPS) is 12.3. The van der Waals surface area contributed by atoms with Crippen molar-refractivity contribution in [1.82, 2.24) is 9.55 Å². The quantitative estimate of drug-likeness (QED) is 0.759. The molecule has 3 aromatic rings. The summed E-state index contributed by atoms with van der Waals surface area (Å²) in [5.74, 6) is 2.39. The van der Waals surface area contributed by atoms with Gasteiger partial charge in [-0.3, -0.25) is 0 Å². The Morgan fingerprint density at radius 3 is 2.70 bits per heavy atom. The topological polar surface area (TPSA) is 62.3 Å². The van der Waals surface area contributed by atoms with Crippen molar-refractivity contribution in [3.63, 3.8) is 0 Å². The molecule has 0 radical (unpaired) electrons. The fraction of sp³-hybridized carbons (Fsp3) is 0.278. The van der Waals surface area contributed by atoms with Gasteiger partial charge in [-0.1, -0.05) is 18.2 Å². The molecule has 0 fully saturated rings. The van der Waals surface area contributed by atoms with Crippen molar-refractivity contribution in [2.24, 2.45) is 5.73 Å². The van der Waals surface area contributed by atoms with E-state index in [1.807, 2.05) is 42.5 Å². The lowest BCUT2D eigenvalue weighted by molar-refractivity contribution is 0.285. The summed E-state index contributed by atoms with van der Waals surface area (Å²) in [5.41, 5.74) is 7.90. The lowest BCUT2D eigenvalue weighted by atomic mass is 10.2. The van der Waals surface area contributed by atoms with E-state index < -0.39 is 0 Å². The highest BCUT2D eigenvalue weighted by Crippen LogP contribution is 2.23. The molecule has 0 saturated heterocycles. The molecule has 1 unspecified atom stereocenters. The Bertz CT molecular complexity index is 798. The third-order valence-corrected chi connectivity index (χ3v) is 3.86. The van der Waals surface area contributed by atoms with Gasteiger partial charge in [-0.25, -0.2) is 4.98 Å². The van der Waals surface area contributed by atoms with Crippen LogP contribution in [0, 0.1) is 0 Å². The summed E-state index contributed by atoms with van der Waals surface area (Å²) < 4.78 is 13.3. The number of nitrogens with zero attached hydrogens (tertiary/aromatic N) is 2. The number of hydrogen-bond acceptors (Lipinski definition) is 4. The van der Waals surface area contributed by atoms with Crippen molar-refractivity contribution in [2.75, 3.05) is 13.7 Å². The minimum absolute atomic E-state index is 0.159. The largest absolute Gasteiger partial charge is 0.497 e. The van der Waals surface area contributed by atoms with Crippen LogP contribution in [-0.4, -0.2) is 23.2 Å². The molecule has 23 heavy (non-hydrogen) atoms. The monoisotopic (exact) mass is 311 g/mol. The third-order valence-electron chi connectivity index (χ3n) is 3.86. The number of hydrogen-bond donors (Lipinski definition) is 1. The maximum absolute atomic E-state index is 5.90. The first-order valence-electron chi connectivity index (χ1n) is 7.65. The van der Waals surface area contributed by atoms with Gasteiger partial charge in [-0.15, -0.1) is 0 Å². The fourth-order valence-electron chi connectivity index (χ4n) is 2.63. The van der Waals surface area contributed by atoms with Crippen LogP contribution in [-0.2, 0) is 6.61 Å². The minimum Gasteiger partial charge on any atom is -0.497 e. The Morgan fingerprint density at radius 1 is 1.13 bits per heavy atom. The maximum Gasteiger partial charge on any atom is 0.148 e. The van der Waals surface area contributed by atoms with Crippen molar-refractivity contribution in [3.8, 4) is 11.5 Å². The number of para-hydroxylation sites is 2. The average Bonchev–Trinajstić information content (AvgIpc) is 2.98. The number of aromatic nitrogens is 2. The van der Waals surface area contributed by atoms with Crippen LogP contribution >= 0.6 is 0 Å². The van der Waals surface area contributed by atoms with E-state index in [4.69, 9.17) is 20.2 Å². The SMILES string of the molecule is COc1cccc(OCc2nc3ccccc3n2C(C)CN)c1. The van der Waals surface area contributed by atoms with E-state index in [1.165, 1.54) is 0 Å². The van der Waals surface area contributed by atoms with Gasteiger partial charge in [0.1, 0.15) is 23.9 Å². The summed E-state index contributed by atoms with van der Waals surface area (Å²) in [4.78, 5) is 4.69. The zero-order valence-electron chi connectivity index (χ0n) is 13.4. The number of methoxy groups -OCH3 is 1. The molecule has 2 aromatic carbocycles. The van der Waals surface area contributed by atoms with E-state index in [1.54, 1.807) is 7.11 Å². The molecule has 0 aliphatic heterocycles. The van der Waals surface area contributed by atoms with E-state index in [0.29, 0.717) is 13.2 Å². The number of benzene rings is 2. The van der Waals surface area contributed by atoms with Crippen LogP contribution in [0.25, 0.3) is 11.0 Å². The van der Waals surface area contributed by atoms with Gasteiger partial charge < -0.3 is 19.8 Å². The van der Waals surface area contributed by atoms with Gasteiger partial charge in [0, 0.05) is 18.7 Å². The molecule has 3 rings (SSSR count). The number of imidazole rings is 1. The number of fused-ring (bicyclic) bond motifs is 1. The molecule has 0 aliphatic rings. The molecule has 0 saturated carbocycles. The fourth-order valence-corrected chi connectivity index (χ4v) is 2.63. The molecule has 2 N–H and O–H groups in total. The molecule has 5 nitrogen and oxygen atoms in total. The standard InChI is InChI=1S/C18H21N3O2/c1-13(11-19)21-17-9-4-3-8-16(17)20-18(21)12-23-15-7-5-6-14(10-15)22-2/h3-10,13H,11-12,19H2,1-2H3. The van der Waals surface area contributed by atoms with Gasteiger partial charge >= 0.3 is 0 Å². The molecule has 120 valence electrons. The van der Waals surface area contributed by atoms with Gasteiger partial charge in [-0.05, 0) is 31.2 Å². The first-order chi connectivity index (χ1) is 11.2. The molecular weight excluding hydrogens is 290 g/mol. The smallest absolute Gasteiger partial charge is 0.148 e. The highest BCUT2D eigenvalue weighted by Gasteiger charge is 2.15. The minimum atomic E-state index is 0.159. The Labute approximate surface area is 135 Å². The molecule has 5 heteroatoms. The molecule has 0 bridgehead atoms. The van der Waals surface area contributed by atoms with Crippen LogP contribution in [0.5, 0.6) is 11.5 Å². The van der Waals surface area contributed by atoms with Gasteiger partial charge in [0.15, 0.2) is 0 Å². The highest BCUT2D eigenvalue weighted by molar-refractivity contribution is 5.76. The van der Waals surface area contributed by atoms with Crippen molar-refractivity contribution in [1.29, 1.82) is 0 Å². The number of nitrogens with two attached hydrogens (primary N) is 1. The number of rotatable bonds is 6. The van der Waals surface area contributed by atoms with Crippen LogP contribution in [0.1, 0.15) is 18.8 Å². The average molecular weight is 311 g/mol. The van der Waals surface area contributed by atoms with Crippen molar-refractivity contribution in [2.45, 2.75) is 19.6 Å². The van der Waals surface area contributed by atoms with Crippen LogP contribution < -0.4 is 15.2 Å². The van der Waals surface area contributed by atoms with Gasteiger partial charge in [0.05, 0.1) is 18.1 Å². The van der Waals surface area contributed by atoms with Crippen molar-refractivity contribution in [3.05, 3.63) is 54.4 Å². The van der Waals surface area contributed by atoms with Gasteiger partial charge in [0.25, 0.3) is 0 Å². The highest BCUT2D eigenvalue weighted by atomic mass is 16.5. The van der Waals surface area contributed by atoms with Crippen LogP contribution in [0.3, 0.4) is 0 Å². The van der Waals surface area contributed by atoms with Crippen LogP contribution in [0.4, 0.5) is 0 Å². The van der Waals surface area contributed by atoms with E-state index in [-0.39, 0.29) is 6.04 Å². The number of ether oxygens (including phenoxy) is 2. The zero-order valence-corrected chi connectivity index (χ0v) is 13.4. The van der Waals surface area contributed by atoms with Crippen LogP contribution in [0.2, 0.25) is 0 Å². The second kappa shape index (κ2) is 6.71. The second-order valence-corrected chi connectivity index (χ2v) is 5.44. The molecule has 0 aliphatic carbocycles. The molecule has 1 aromatic heterocycles. The lowest BCUT2D eigenvalue weighted by Crippen LogP contribution is -2.19. The summed E-state index contributed by atoms with van der Waals surface area (Å²) in [5, 5.41) is 0. The van der Waals surface area contributed by atoms with Gasteiger partial charge in [-0.2, -0.15) is 0 Å². The Kier molecular flexibility index (Phi) is 4.48. The summed E-state index contributed by atoms with van der Waals surface area (Å²) >= 11 is 0. The van der Waals surface area contributed by atoms with E-state index in [9.17, 15) is 0 Å². The summed E-state index contributed by atoms with van der Waals surface area (Å²) in [6.45, 7) is 3.02. The Hall–Kier alpha value is -2.53. The van der Waals surface area contributed by atoms with Crippen molar-refractivity contribution >= 4 is 11.0 Å². The van der Waals surface area contributed by atoms with Crippen LogP contribution in [0.15, 0.2) is 48.5 Å². The lowest BCUT2D eigenvalue weighted by Gasteiger charge is -2.16. The molecule has 0 spiro atoms. The second-order valence-electron chi connectivity index (χ2n) is 5.44. The first kappa shape index (κ1) is 15.4. The van der Waals surface area contributed by atoms with E-state index in [0.717, 1.165) is 28.4 Å². The predicted molar refractivity (Wildman–Crippen MR) is 90.8 cm³/mol.